The molecule has 114 valence electrons. The SMILES string of the molecule is CC1=C(C(=O)OCC(Cl)(Cl)Cl)N2C(=O)[C@@H](N=C=O)[C@@H]2SC1. The van der Waals surface area contributed by atoms with Gasteiger partial charge in [-0.1, -0.05) is 34.8 Å². The number of hydrogen-bond acceptors (Lipinski definition) is 6. The van der Waals surface area contributed by atoms with Crippen LogP contribution in [0.15, 0.2) is 16.3 Å². The summed E-state index contributed by atoms with van der Waals surface area (Å²) in [5.74, 6) is -0.681. The number of fused-ring (bicyclic) bond motifs is 1. The van der Waals surface area contributed by atoms with Gasteiger partial charge in [0.25, 0.3) is 5.91 Å². The lowest BCUT2D eigenvalue weighted by Gasteiger charge is -2.47. The van der Waals surface area contributed by atoms with Crippen molar-refractivity contribution in [3.8, 4) is 0 Å². The van der Waals surface area contributed by atoms with Gasteiger partial charge in [0, 0.05) is 5.75 Å². The Balaban J connectivity index is 2.16. The predicted molar refractivity (Wildman–Crippen MR) is 79.0 cm³/mol. The number of carbonyl (C=O) groups is 2. The topological polar surface area (TPSA) is 76.0 Å². The maximum Gasteiger partial charge on any atom is 0.355 e. The maximum absolute atomic E-state index is 12.1. The Bertz CT molecular complexity index is 568. The van der Waals surface area contributed by atoms with Crippen molar-refractivity contribution in [3.63, 3.8) is 0 Å². The molecule has 6 nitrogen and oxygen atoms in total. The standard InChI is InChI=1S/C11H9Cl3N2O4S/c1-5-2-21-9-6(15-4-17)8(18)16(9)7(5)10(19)20-3-11(12,13)14/h6,9H,2-3H2,1H3/t6-,9+/m1/s1. The number of isocyanates is 1. The second-order valence-electron chi connectivity index (χ2n) is 4.40. The Morgan fingerprint density at radius 2 is 2.24 bits per heavy atom. The summed E-state index contributed by atoms with van der Waals surface area (Å²) in [4.78, 5) is 39.1. The number of alkyl halides is 3. The Morgan fingerprint density at radius 3 is 2.81 bits per heavy atom. The number of nitrogens with zero attached hydrogens (tertiary/aromatic N) is 2. The van der Waals surface area contributed by atoms with E-state index in [2.05, 4.69) is 4.99 Å². The van der Waals surface area contributed by atoms with Gasteiger partial charge in [-0.15, -0.1) is 11.8 Å². The second kappa shape index (κ2) is 6.18. The first-order valence-electron chi connectivity index (χ1n) is 5.71. The van der Waals surface area contributed by atoms with E-state index in [1.165, 1.54) is 22.7 Å². The molecule has 0 radical (unpaired) electrons. The summed E-state index contributed by atoms with van der Waals surface area (Å²) in [6, 6.07) is -0.809. The quantitative estimate of drug-likeness (QED) is 0.248. The van der Waals surface area contributed by atoms with Crippen LogP contribution in [0.2, 0.25) is 0 Å². The average Bonchev–Trinajstić information content (AvgIpc) is 2.41. The first kappa shape index (κ1) is 16.6. The van der Waals surface area contributed by atoms with Gasteiger partial charge < -0.3 is 4.74 Å². The molecule has 2 heterocycles. The van der Waals surface area contributed by atoms with E-state index in [0.717, 1.165) is 0 Å². The highest BCUT2D eigenvalue weighted by Crippen LogP contribution is 2.41. The van der Waals surface area contributed by atoms with Crippen molar-refractivity contribution in [1.29, 1.82) is 0 Å². The number of esters is 1. The zero-order chi connectivity index (χ0) is 15.8. The average molecular weight is 372 g/mol. The lowest BCUT2D eigenvalue weighted by atomic mass is 10.0. The molecule has 1 saturated heterocycles. The number of rotatable bonds is 3. The van der Waals surface area contributed by atoms with Crippen molar-refractivity contribution in [2.75, 3.05) is 12.4 Å². The van der Waals surface area contributed by atoms with Crippen LogP contribution < -0.4 is 0 Å². The van der Waals surface area contributed by atoms with Gasteiger partial charge in [0.2, 0.25) is 9.87 Å². The van der Waals surface area contributed by atoms with Crippen molar-refractivity contribution in [1.82, 2.24) is 4.90 Å². The van der Waals surface area contributed by atoms with Crippen molar-refractivity contribution in [2.24, 2.45) is 4.99 Å². The van der Waals surface area contributed by atoms with E-state index in [0.29, 0.717) is 11.3 Å². The van der Waals surface area contributed by atoms with E-state index in [4.69, 9.17) is 39.5 Å². The summed E-state index contributed by atoms with van der Waals surface area (Å²) in [5, 5.41) is -0.405. The molecule has 0 N–H and O–H groups in total. The van der Waals surface area contributed by atoms with Gasteiger partial charge in [0.1, 0.15) is 17.7 Å². The largest absolute Gasteiger partial charge is 0.456 e. The number of amides is 1. The fraction of sp³-hybridized carbons (Fsp3) is 0.545. The molecule has 0 aromatic carbocycles. The molecule has 1 amide bonds. The number of aliphatic imine (C=N–C) groups is 1. The van der Waals surface area contributed by atoms with Gasteiger partial charge in [-0.05, 0) is 12.5 Å². The van der Waals surface area contributed by atoms with Gasteiger partial charge in [0.05, 0.1) is 0 Å². The zero-order valence-corrected chi connectivity index (χ0v) is 13.7. The van der Waals surface area contributed by atoms with Crippen LogP contribution >= 0.6 is 46.6 Å². The number of β-lactam (4-membered cyclic amide) rings is 1. The van der Waals surface area contributed by atoms with E-state index in [-0.39, 0.29) is 5.70 Å². The van der Waals surface area contributed by atoms with Crippen LogP contribution in [-0.2, 0) is 19.1 Å². The van der Waals surface area contributed by atoms with Crippen molar-refractivity contribution in [2.45, 2.75) is 22.1 Å². The lowest BCUT2D eigenvalue weighted by Crippen LogP contribution is -2.64. The molecule has 2 atom stereocenters. The molecule has 0 aromatic heterocycles. The molecule has 0 saturated carbocycles. The molecule has 0 aliphatic carbocycles. The Labute approximate surface area is 139 Å². The molecule has 2 aliphatic rings. The van der Waals surface area contributed by atoms with Gasteiger partial charge in [0.15, 0.2) is 6.04 Å². The first-order valence-corrected chi connectivity index (χ1v) is 7.90. The number of ether oxygens (including phenoxy) is 1. The van der Waals surface area contributed by atoms with Gasteiger partial charge >= 0.3 is 5.97 Å². The molecular weight excluding hydrogens is 363 g/mol. The zero-order valence-electron chi connectivity index (χ0n) is 10.6. The van der Waals surface area contributed by atoms with E-state index < -0.39 is 33.7 Å². The maximum atomic E-state index is 12.1. The molecule has 0 aromatic rings. The normalized spacial score (nSPS) is 25.0. The van der Waals surface area contributed by atoms with Crippen molar-refractivity contribution in [3.05, 3.63) is 11.3 Å². The molecular formula is C11H9Cl3N2O4S. The Kier molecular flexibility index (Phi) is 4.90. The second-order valence-corrected chi connectivity index (χ2v) is 8.02. The molecule has 0 unspecified atom stereocenters. The number of hydrogen-bond donors (Lipinski definition) is 0. The summed E-state index contributed by atoms with van der Waals surface area (Å²) < 4.78 is 3.18. The van der Waals surface area contributed by atoms with Crippen LogP contribution in [-0.4, -0.2) is 50.4 Å². The fourth-order valence-electron chi connectivity index (χ4n) is 2.00. The minimum absolute atomic E-state index is 0.121. The van der Waals surface area contributed by atoms with Crippen LogP contribution in [0.3, 0.4) is 0 Å². The van der Waals surface area contributed by atoms with Crippen LogP contribution in [0.1, 0.15) is 6.92 Å². The summed E-state index contributed by atoms with van der Waals surface area (Å²) >= 11 is 18.0. The van der Waals surface area contributed by atoms with E-state index >= 15 is 0 Å². The predicted octanol–water partition coefficient (Wildman–Crippen LogP) is 1.79. The molecule has 10 heteroatoms. The van der Waals surface area contributed by atoms with Gasteiger partial charge in [-0.25, -0.2) is 9.59 Å². The lowest BCUT2D eigenvalue weighted by molar-refractivity contribution is -0.150. The van der Waals surface area contributed by atoms with Crippen molar-refractivity contribution < 1.29 is 19.1 Å². The van der Waals surface area contributed by atoms with E-state index in [1.54, 1.807) is 6.92 Å². The van der Waals surface area contributed by atoms with Gasteiger partial charge in [-0.2, -0.15) is 4.99 Å². The minimum atomic E-state index is -1.73. The first-order chi connectivity index (χ1) is 9.76. The monoisotopic (exact) mass is 370 g/mol. The summed E-state index contributed by atoms with van der Waals surface area (Å²) in [7, 11) is 0. The molecule has 2 rings (SSSR count). The number of halogens is 3. The van der Waals surface area contributed by atoms with E-state index in [9.17, 15) is 14.4 Å². The smallest absolute Gasteiger partial charge is 0.355 e. The molecule has 2 aliphatic heterocycles. The van der Waals surface area contributed by atoms with Crippen LogP contribution in [0, 0.1) is 0 Å². The molecule has 21 heavy (non-hydrogen) atoms. The van der Waals surface area contributed by atoms with Crippen LogP contribution in [0.25, 0.3) is 0 Å². The Hall–Kier alpha value is -0.720. The highest BCUT2D eigenvalue weighted by Gasteiger charge is 2.53. The molecule has 1 fully saturated rings. The highest BCUT2D eigenvalue weighted by molar-refractivity contribution is 8.00. The van der Waals surface area contributed by atoms with Crippen molar-refractivity contribution >= 4 is 64.5 Å². The minimum Gasteiger partial charge on any atom is -0.456 e. The summed E-state index contributed by atoms with van der Waals surface area (Å²) in [6.07, 6.45) is 1.36. The highest BCUT2D eigenvalue weighted by atomic mass is 35.6. The van der Waals surface area contributed by atoms with E-state index in [1.807, 2.05) is 0 Å². The molecule has 0 spiro atoms. The third kappa shape index (κ3) is 3.38. The summed E-state index contributed by atoms with van der Waals surface area (Å²) in [5.41, 5.74) is 0.794. The van der Waals surface area contributed by atoms with Gasteiger partial charge in [-0.3, -0.25) is 9.69 Å². The fourth-order valence-corrected chi connectivity index (χ4v) is 3.44. The summed E-state index contributed by atoms with van der Waals surface area (Å²) in [6.45, 7) is 1.28. The molecule has 0 bridgehead atoms. The Morgan fingerprint density at radius 1 is 1.57 bits per heavy atom. The third-order valence-corrected chi connectivity index (χ3v) is 4.62. The number of thioether (sulfide) groups is 1. The number of carbonyl (C=O) groups excluding carboxylic acids is 3. The third-order valence-electron chi connectivity index (χ3n) is 2.88. The van der Waals surface area contributed by atoms with Crippen LogP contribution in [0.4, 0.5) is 0 Å². The van der Waals surface area contributed by atoms with Crippen LogP contribution in [0.5, 0.6) is 0 Å².